The molecule has 0 fully saturated rings. The van der Waals surface area contributed by atoms with Crippen LogP contribution in [0, 0.1) is 13.8 Å². The highest BCUT2D eigenvalue weighted by molar-refractivity contribution is 7.48. The molecule has 6 nitrogen and oxygen atoms in total. The summed E-state index contributed by atoms with van der Waals surface area (Å²) < 4.78 is 38.8. The molecule has 0 amide bonds. The highest BCUT2D eigenvalue weighted by Crippen LogP contribution is 2.62. The zero-order valence-electron chi connectivity index (χ0n) is 26.6. The van der Waals surface area contributed by atoms with Gasteiger partial charge >= 0.3 is 7.82 Å². The highest BCUT2D eigenvalue weighted by Gasteiger charge is 2.40. The van der Waals surface area contributed by atoms with E-state index >= 15 is 0 Å². The molecule has 0 spiro atoms. The van der Waals surface area contributed by atoms with E-state index in [1.165, 1.54) is 22.3 Å². The van der Waals surface area contributed by atoms with E-state index in [0.717, 1.165) is 107 Å². The Kier molecular flexibility index (Phi) is 7.91. The molecule has 4 aromatic rings. The van der Waals surface area contributed by atoms with Crippen LogP contribution in [0.15, 0.2) is 48.5 Å². The minimum atomic E-state index is -4.63. The molecule has 45 heavy (non-hydrogen) atoms. The number of phosphoric ester groups is 1. The van der Waals surface area contributed by atoms with Gasteiger partial charge in [0, 0.05) is 33.4 Å². The van der Waals surface area contributed by atoms with Gasteiger partial charge in [-0.15, -0.1) is 0 Å². The third kappa shape index (κ3) is 5.42. The van der Waals surface area contributed by atoms with Gasteiger partial charge < -0.3 is 18.5 Å². The molecule has 0 saturated heterocycles. The fraction of sp³-hybridized carbons (Fsp3) is 0.368. The highest BCUT2D eigenvalue weighted by atomic mass is 31.2. The summed E-state index contributed by atoms with van der Waals surface area (Å²) in [5, 5.41) is 0. The van der Waals surface area contributed by atoms with Crippen molar-refractivity contribution in [2.75, 3.05) is 13.2 Å². The summed E-state index contributed by atoms with van der Waals surface area (Å²) in [5.41, 5.74) is 12.1. The number of rotatable bonds is 6. The van der Waals surface area contributed by atoms with Crippen molar-refractivity contribution < 1.29 is 28.0 Å². The van der Waals surface area contributed by atoms with Gasteiger partial charge in [0.05, 0.1) is 13.2 Å². The maximum Gasteiger partial charge on any atom is 0.584 e. The molecule has 0 saturated carbocycles. The Morgan fingerprint density at radius 3 is 1.49 bits per heavy atom. The van der Waals surface area contributed by atoms with Gasteiger partial charge in [0.2, 0.25) is 0 Å². The number of aryl methyl sites for hydroxylation is 4. The zero-order chi connectivity index (χ0) is 31.3. The van der Waals surface area contributed by atoms with Crippen molar-refractivity contribution in [1.82, 2.24) is 0 Å². The summed E-state index contributed by atoms with van der Waals surface area (Å²) in [6.45, 7) is 9.04. The summed E-state index contributed by atoms with van der Waals surface area (Å²) in [6, 6.07) is 16.5. The maximum absolute atomic E-state index is 14.1. The molecular weight excluding hydrogens is 583 g/mol. The van der Waals surface area contributed by atoms with Crippen molar-refractivity contribution in [3.63, 3.8) is 0 Å². The number of ether oxygens (including phenoxy) is 2. The molecule has 1 N–H and O–H groups in total. The zero-order valence-corrected chi connectivity index (χ0v) is 27.5. The van der Waals surface area contributed by atoms with Crippen LogP contribution in [0.5, 0.6) is 23.0 Å². The lowest BCUT2D eigenvalue weighted by Crippen LogP contribution is -2.10. The molecule has 0 bridgehead atoms. The van der Waals surface area contributed by atoms with Crippen molar-refractivity contribution in [2.45, 2.75) is 79.1 Å². The van der Waals surface area contributed by atoms with Gasteiger partial charge in [0.1, 0.15) is 23.0 Å². The Hall–Kier alpha value is -3.73. The van der Waals surface area contributed by atoms with Gasteiger partial charge in [0.25, 0.3) is 0 Å². The van der Waals surface area contributed by atoms with Gasteiger partial charge in [0.15, 0.2) is 0 Å². The Balaban J connectivity index is 1.63. The quantitative estimate of drug-likeness (QED) is 0.215. The summed E-state index contributed by atoms with van der Waals surface area (Å²) in [6.07, 6.45) is 7.91. The second-order valence-electron chi connectivity index (χ2n) is 12.5. The fourth-order valence-electron chi connectivity index (χ4n) is 7.41. The number of benzene rings is 4. The first kappa shape index (κ1) is 30.0. The lowest BCUT2D eigenvalue weighted by Gasteiger charge is -2.28. The van der Waals surface area contributed by atoms with E-state index in [9.17, 15) is 9.46 Å². The number of fused-ring (bicyclic) bond motifs is 7. The van der Waals surface area contributed by atoms with E-state index in [1.807, 2.05) is 52.0 Å². The molecule has 0 atom stereocenters. The molecule has 7 heteroatoms. The minimum Gasteiger partial charge on any atom is -0.493 e. The molecule has 0 radical (unpaired) electrons. The van der Waals surface area contributed by atoms with E-state index in [1.54, 1.807) is 0 Å². The molecule has 4 aromatic carbocycles. The Bertz CT molecular complexity index is 1730. The van der Waals surface area contributed by atoms with Gasteiger partial charge in [-0.05, 0) is 138 Å². The Labute approximate surface area is 265 Å². The average molecular weight is 625 g/mol. The molecule has 7 rings (SSSR count). The van der Waals surface area contributed by atoms with Crippen LogP contribution >= 0.6 is 7.82 Å². The van der Waals surface area contributed by atoms with Crippen LogP contribution in [-0.2, 0) is 30.2 Å². The monoisotopic (exact) mass is 624 g/mol. The second-order valence-corrected chi connectivity index (χ2v) is 13.8. The van der Waals surface area contributed by atoms with Crippen molar-refractivity contribution in [3.05, 3.63) is 81.9 Å². The van der Waals surface area contributed by atoms with E-state index < -0.39 is 7.82 Å². The standard InChI is InChI=1S/C38H41O6P/c1-5-41-33-17-15-23(3)19-29(33)31-21-25-11-7-9-13-27(25)35-36-28-14-10-8-12-26(28)22-32(38(36)44-45(39,40)43-37(31)35)30-20-24(4)16-18-34(30)42-6-2/h15-22H,5-14H2,1-4H3,(H,39,40). The van der Waals surface area contributed by atoms with E-state index in [2.05, 4.69) is 24.3 Å². The average Bonchev–Trinajstić information content (AvgIpc) is 3.15. The fourth-order valence-corrected chi connectivity index (χ4v) is 8.29. The number of hydrogen-bond donors (Lipinski definition) is 1. The van der Waals surface area contributed by atoms with Gasteiger partial charge in [-0.1, -0.05) is 23.3 Å². The number of hydrogen-bond acceptors (Lipinski definition) is 5. The van der Waals surface area contributed by atoms with Crippen molar-refractivity contribution in [2.24, 2.45) is 0 Å². The first-order chi connectivity index (χ1) is 21.8. The lowest BCUT2D eigenvalue weighted by molar-refractivity contribution is 0.294. The van der Waals surface area contributed by atoms with E-state index in [0.29, 0.717) is 24.7 Å². The Morgan fingerprint density at radius 2 is 1.07 bits per heavy atom. The van der Waals surface area contributed by atoms with Crippen LogP contribution in [0.2, 0.25) is 0 Å². The minimum absolute atomic E-state index is 0.408. The lowest BCUT2D eigenvalue weighted by atomic mass is 9.77. The first-order valence-corrected chi connectivity index (χ1v) is 17.8. The third-order valence-corrected chi connectivity index (χ3v) is 10.1. The summed E-state index contributed by atoms with van der Waals surface area (Å²) in [7, 11) is -4.63. The summed E-state index contributed by atoms with van der Waals surface area (Å²) in [5.74, 6) is 2.26. The molecule has 234 valence electrons. The Morgan fingerprint density at radius 1 is 0.644 bits per heavy atom. The molecule has 1 aliphatic heterocycles. The smallest absolute Gasteiger partial charge is 0.493 e. The van der Waals surface area contributed by atoms with Crippen LogP contribution in [-0.4, -0.2) is 18.1 Å². The van der Waals surface area contributed by atoms with Gasteiger partial charge in [-0.3, -0.25) is 4.89 Å². The SMILES string of the molecule is CCOc1ccc(C)cc1-c1cc2c(c3c1OP(=O)(O)Oc1c(-c4cc(C)ccc4OCC)cc4c(c1-3)CCCC4)CCCC2. The predicted molar refractivity (Wildman–Crippen MR) is 179 cm³/mol. The molecule has 1 heterocycles. The van der Waals surface area contributed by atoms with Gasteiger partial charge in [-0.2, -0.15) is 0 Å². The van der Waals surface area contributed by atoms with E-state index in [4.69, 9.17) is 18.5 Å². The molecule has 3 aliphatic rings. The van der Waals surface area contributed by atoms with Crippen molar-refractivity contribution in [1.29, 1.82) is 0 Å². The van der Waals surface area contributed by atoms with Crippen molar-refractivity contribution >= 4 is 7.82 Å². The molecule has 2 aliphatic carbocycles. The summed E-state index contributed by atoms with van der Waals surface area (Å²) >= 11 is 0. The molecular formula is C38H41O6P. The van der Waals surface area contributed by atoms with Crippen LogP contribution in [0.25, 0.3) is 33.4 Å². The first-order valence-electron chi connectivity index (χ1n) is 16.4. The second kappa shape index (κ2) is 11.9. The maximum atomic E-state index is 14.1. The number of phosphoric acid groups is 1. The van der Waals surface area contributed by atoms with E-state index in [-0.39, 0.29) is 0 Å². The van der Waals surface area contributed by atoms with Crippen LogP contribution in [0.3, 0.4) is 0 Å². The van der Waals surface area contributed by atoms with Crippen LogP contribution < -0.4 is 18.5 Å². The molecule has 0 aromatic heterocycles. The van der Waals surface area contributed by atoms with Crippen LogP contribution in [0.4, 0.5) is 0 Å². The van der Waals surface area contributed by atoms with Crippen molar-refractivity contribution in [3.8, 4) is 56.4 Å². The van der Waals surface area contributed by atoms with Crippen LogP contribution in [0.1, 0.15) is 72.9 Å². The van der Waals surface area contributed by atoms with Gasteiger partial charge in [-0.25, -0.2) is 4.57 Å². The predicted octanol–water partition coefficient (Wildman–Crippen LogP) is 9.73. The normalized spacial score (nSPS) is 16.2. The summed E-state index contributed by atoms with van der Waals surface area (Å²) in [4.78, 5) is 11.5. The third-order valence-electron chi connectivity index (χ3n) is 9.32. The topological polar surface area (TPSA) is 74.2 Å². The molecule has 0 unspecified atom stereocenters. The largest absolute Gasteiger partial charge is 0.584 e.